The predicted octanol–water partition coefficient (Wildman–Crippen LogP) is 4.37. The first-order valence-electron chi connectivity index (χ1n) is 7.25. The molecule has 0 saturated heterocycles. The van der Waals surface area contributed by atoms with Crippen LogP contribution < -0.4 is 0 Å². The Morgan fingerprint density at radius 3 is 2.83 bits per heavy atom. The van der Waals surface area contributed by atoms with Crippen molar-refractivity contribution in [2.24, 2.45) is 0 Å². The lowest BCUT2D eigenvalue weighted by molar-refractivity contribution is 0.0520. The van der Waals surface area contributed by atoms with E-state index < -0.39 is 5.97 Å². The van der Waals surface area contributed by atoms with Gasteiger partial charge in [0, 0.05) is 22.5 Å². The molecule has 1 aromatic heterocycles. The van der Waals surface area contributed by atoms with Gasteiger partial charge in [0.05, 0.1) is 6.61 Å². The molecule has 2 aromatic carbocycles. The van der Waals surface area contributed by atoms with Gasteiger partial charge in [0.1, 0.15) is 6.33 Å². The van der Waals surface area contributed by atoms with Crippen molar-refractivity contribution in [1.29, 1.82) is 0 Å². The molecular weight excluding hydrogens is 312 g/mol. The molecular formula is C18H15ClN2O2. The maximum Gasteiger partial charge on any atom is 0.358 e. The summed E-state index contributed by atoms with van der Waals surface area (Å²) in [4.78, 5) is 15.8. The normalized spacial score (nSPS) is 10.5. The average Bonchev–Trinajstić information content (AvgIpc) is 3.06. The molecule has 4 nitrogen and oxygen atoms in total. The van der Waals surface area contributed by atoms with Crippen LogP contribution >= 0.6 is 11.6 Å². The van der Waals surface area contributed by atoms with Crippen molar-refractivity contribution in [3.63, 3.8) is 0 Å². The first-order chi connectivity index (χ1) is 11.2. The third kappa shape index (κ3) is 3.27. The first-order valence-corrected chi connectivity index (χ1v) is 7.63. The number of carbonyl (C=O) groups excluding carboxylic acids is 1. The van der Waals surface area contributed by atoms with E-state index in [0.717, 1.165) is 16.8 Å². The van der Waals surface area contributed by atoms with Gasteiger partial charge in [-0.2, -0.15) is 0 Å². The van der Waals surface area contributed by atoms with Crippen LogP contribution in [0.4, 0.5) is 0 Å². The van der Waals surface area contributed by atoms with Crippen LogP contribution in [0.15, 0.2) is 61.1 Å². The van der Waals surface area contributed by atoms with Crippen LogP contribution in [-0.4, -0.2) is 22.1 Å². The molecule has 0 N–H and O–H groups in total. The summed E-state index contributed by atoms with van der Waals surface area (Å²) in [7, 11) is 0. The molecule has 0 fully saturated rings. The van der Waals surface area contributed by atoms with E-state index in [4.69, 9.17) is 16.3 Å². The monoisotopic (exact) mass is 326 g/mol. The summed E-state index contributed by atoms with van der Waals surface area (Å²) < 4.78 is 6.74. The second kappa shape index (κ2) is 6.67. The SMILES string of the molecule is CCOC(=O)c1cn(-c2cccc(-c3ccccc3Cl)c2)cn1. The number of aromatic nitrogens is 2. The van der Waals surface area contributed by atoms with E-state index in [1.165, 1.54) is 0 Å². The molecule has 0 bridgehead atoms. The molecule has 3 aromatic rings. The molecule has 0 radical (unpaired) electrons. The van der Waals surface area contributed by atoms with Crippen LogP contribution in [0.2, 0.25) is 5.02 Å². The zero-order valence-corrected chi connectivity index (χ0v) is 13.3. The standard InChI is InChI=1S/C18H15ClN2O2/c1-2-23-18(22)17-11-21(12-20-17)14-7-5-6-13(10-14)15-8-3-4-9-16(15)19/h3-12H,2H2,1H3. The molecule has 0 saturated carbocycles. The highest BCUT2D eigenvalue weighted by atomic mass is 35.5. The Morgan fingerprint density at radius 1 is 1.22 bits per heavy atom. The lowest BCUT2D eigenvalue weighted by Gasteiger charge is -2.07. The van der Waals surface area contributed by atoms with Gasteiger partial charge in [-0.15, -0.1) is 0 Å². The highest BCUT2D eigenvalue weighted by molar-refractivity contribution is 6.33. The van der Waals surface area contributed by atoms with Gasteiger partial charge in [0.25, 0.3) is 0 Å². The molecule has 0 spiro atoms. The van der Waals surface area contributed by atoms with Gasteiger partial charge in [-0.05, 0) is 30.7 Å². The molecule has 0 atom stereocenters. The van der Waals surface area contributed by atoms with Gasteiger partial charge in [0.15, 0.2) is 5.69 Å². The van der Waals surface area contributed by atoms with Crippen molar-refractivity contribution in [1.82, 2.24) is 9.55 Å². The molecule has 0 amide bonds. The van der Waals surface area contributed by atoms with E-state index in [9.17, 15) is 4.79 Å². The van der Waals surface area contributed by atoms with Crippen LogP contribution in [0.25, 0.3) is 16.8 Å². The molecule has 5 heteroatoms. The van der Waals surface area contributed by atoms with E-state index in [2.05, 4.69) is 4.98 Å². The van der Waals surface area contributed by atoms with Crippen molar-refractivity contribution < 1.29 is 9.53 Å². The maximum absolute atomic E-state index is 11.7. The fourth-order valence-electron chi connectivity index (χ4n) is 2.30. The van der Waals surface area contributed by atoms with Crippen molar-refractivity contribution >= 4 is 17.6 Å². The topological polar surface area (TPSA) is 44.1 Å². The first kappa shape index (κ1) is 15.3. The van der Waals surface area contributed by atoms with Gasteiger partial charge in [-0.25, -0.2) is 9.78 Å². The van der Waals surface area contributed by atoms with Crippen LogP contribution in [0.1, 0.15) is 17.4 Å². The smallest absolute Gasteiger partial charge is 0.358 e. The van der Waals surface area contributed by atoms with Crippen molar-refractivity contribution in [2.45, 2.75) is 6.92 Å². The minimum atomic E-state index is -0.423. The lowest BCUT2D eigenvalue weighted by atomic mass is 10.1. The Morgan fingerprint density at radius 2 is 2.04 bits per heavy atom. The summed E-state index contributed by atoms with van der Waals surface area (Å²) in [6.07, 6.45) is 3.25. The fraction of sp³-hybridized carbons (Fsp3) is 0.111. The summed E-state index contributed by atoms with van der Waals surface area (Å²) in [5.41, 5.74) is 3.14. The molecule has 0 unspecified atom stereocenters. The minimum Gasteiger partial charge on any atom is -0.461 e. The minimum absolute atomic E-state index is 0.287. The van der Waals surface area contributed by atoms with E-state index in [1.807, 2.05) is 48.5 Å². The molecule has 116 valence electrons. The number of benzene rings is 2. The van der Waals surface area contributed by atoms with E-state index in [-0.39, 0.29) is 5.69 Å². The number of ether oxygens (including phenoxy) is 1. The van der Waals surface area contributed by atoms with Gasteiger partial charge in [-0.3, -0.25) is 0 Å². The number of hydrogen-bond donors (Lipinski definition) is 0. The van der Waals surface area contributed by atoms with Crippen molar-refractivity contribution in [3.8, 4) is 16.8 Å². The Balaban J connectivity index is 1.95. The van der Waals surface area contributed by atoms with E-state index >= 15 is 0 Å². The summed E-state index contributed by atoms with van der Waals surface area (Å²) in [6.45, 7) is 2.09. The third-order valence-corrected chi connectivity index (χ3v) is 3.73. The molecule has 1 heterocycles. The largest absolute Gasteiger partial charge is 0.461 e. The molecule has 0 aliphatic rings. The Kier molecular flexibility index (Phi) is 4.44. The van der Waals surface area contributed by atoms with Gasteiger partial charge < -0.3 is 9.30 Å². The number of hydrogen-bond acceptors (Lipinski definition) is 3. The number of imidazole rings is 1. The number of carbonyl (C=O) groups is 1. The summed E-state index contributed by atoms with van der Waals surface area (Å²) in [6, 6.07) is 15.6. The highest BCUT2D eigenvalue weighted by Crippen LogP contribution is 2.28. The third-order valence-electron chi connectivity index (χ3n) is 3.40. The summed E-state index contributed by atoms with van der Waals surface area (Å²) >= 11 is 6.26. The summed E-state index contributed by atoms with van der Waals surface area (Å²) in [5, 5.41) is 0.697. The predicted molar refractivity (Wildman–Crippen MR) is 90.0 cm³/mol. The zero-order valence-electron chi connectivity index (χ0n) is 12.6. The second-order valence-corrected chi connectivity index (χ2v) is 5.32. The Labute approximate surface area is 139 Å². The Bertz CT molecular complexity index is 842. The molecule has 23 heavy (non-hydrogen) atoms. The van der Waals surface area contributed by atoms with E-state index in [1.54, 1.807) is 24.0 Å². The molecule has 3 rings (SSSR count). The highest BCUT2D eigenvalue weighted by Gasteiger charge is 2.11. The maximum atomic E-state index is 11.7. The van der Waals surface area contributed by atoms with Gasteiger partial charge >= 0.3 is 5.97 Å². The van der Waals surface area contributed by atoms with Crippen LogP contribution in [-0.2, 0) is 4.74 Å². The average molecular weight is 327 g/mol. The van der Waals surface area contributed by atoms with Crippen LogP contribution in [0.3, 0.4) is 0 Å². The van der Waals surface area contributed by atoms with E-state index in [0.29, 0.717) is 11.6 Å². The second-order valence-electron chi connectivity index (χ2n) is 4.92. The van der Waals surface area contributed by atoms with Gasteiger partial charge in [-0.1, -0.05) is 41.9 Å². The number of halogens is 1. The number of rotatable bonds is 4. The van der Waals surface area contributed by atoms with Crippen LogP contribution in [0.5, 0.6) is 0 Å². The zero-order chi connectivity index (χ0) is 16.2. The molecule has 0 aliphatic heterocycles. The lowest BCUT2D eigenvalue weighted by Crippen LogP contribution is -2.04. The quantitative estimate of drug-likeness (QED) is 0.669. The molecule has 0 aliphatic carbocycles. The van der Waals surface area contributed by atoms with Crippen LogP contribution in [0, 0.1) is 0 Å². The number of esters is 1. The fourth-order valence-corrected chi connectivity index (χ4v) is 2.55. The van der Waals surface area contributed by atoms with Crippen molar-refractivity contribution in [3.05, 3.63) is 71.8 Å². The number of nitrogens with zero attached hydrogens (tertiary/aromatic N) is 2. The van der Waals surface area contributed by atoms with Crippen molar-refractivity contribution in [2.75, 3.05) is 6.61 Å². The Hall–Kier alpha value is -2.59. The van der Waals surface area contributed by atoms with Gasteiger partial charge in [0.2, 0.25) is 0 Å². The summed E-state index contributed by atoms with van der Waals surface area (Å²) in [5.74, 6) is -0.423.